The Balaban J connectivity index is 0.00000385. The van der Waals surface area contributed by atoms with Crippen molar-refractivity contribution in [2.24, 2.45) is 4.99 Å². The molecule has 2 aromatic rings. The Morgan fingerprint density at radius 2 is 1.79 bits per heavy atom. The summed E-state index contributed by atoms with van der Waals surface area (Å²) in [5.41, 5.74) is 4.25. The van der Waals surface area contributed by atoms with Gasteiger partial charge in [0.2, 0.25) is 0 Å². The third-order valence-corrected chi connectivity index (χ3v) is 6.06. The predicted octanol–water partition coefficient (Wildman–Crippen LogP) is 4.86. The van der Waals surface area contributed by atoms with Gasteiger partial charge in [-0.3, -0.25) is 9.79 Å². The average Bonchev–Trinajstić information content (AvgIpc) is 3.37. The molecule has 1 amide bonds. The molecule has 1 aliphatic heterocycles. The minimum Gasteiger partial charge on any atom is -0.372 e. The highest BCUT2D eigenvalue weighted by Gasteiger charge is 2.15. The first kappa shape index (κ1) is 27.0. The summed E-state index contributed by atoms with van der Waals surface area (Å²) in [6.07, 6.45) is 3.46. The predicted molar refractivity (Wildman–Crippen MR) is 149 cm³/mol. The van der Waals surface area contributed by atoms with Crippen LogP contribution < -0.4 is 20.9 Å². The molecular weight excluding hydrogens is 525 g/mol. The Kier molecular flexibility index (Phi) is 11.0. The molecule has 1 heterocycles. The van der Waals surface area contributed by atoms with Crippen molar-refractivity contribution in [2.45, 2.75) is 58.7 Å². The van der Waals surface area contributed by atoms with Gasteiger partial charge in [0.05, 0.1) is 6.04 Å². The molecule has 33 heavy (non-hydrogen) atoms. The second-order valence-corrected chi connectivity index (χ2v) is 8.56. The summed E-state index contributed by atoms with van der Waals surface area (Å²) in [7, 11) is 1.78. The van der Waals surface area contributed by atoms with Crippen LogP contribution in [0.15, 0.2) is 53.5 Å². The van der Waals surface area contributed by atoms with Gasteiger partial charge in [-0.1, -0.05) is 31.2 Å². The van der Waals surface area contributed by atoms with Crippen molar-refractivity contribution < 1.29 is 4.79 Å². The number of nitrogens with zero attached hydrogens (tertiary/aromatic N) is 2. The molecule has 0 saturated carbocycles. The number of aliphatic imine (C=N–C) groups is 1. The van der Waals surface area contributed by atoms with Crippen LogP contribution in [0.2, 0.25) is 0 Å². The van der Waals surface area contributed by atoms with Gasteiger partial charge in [0.1, 0.15) is 0 Å². The van der Waals surface area contributed by atoms with Gasteiger partial charge < -0.3 is 20.9 Å². The van der Waals surface area contributed by atoms with E-state index < -0.39 is 0 Å². The average molecular weight is 564 g/mol. The first-order valence-corrected chi connectivity index (χ1v) is 11.7. The van der Waals surface area contributed by atoms with E-state index in [-0.39, 0.29) is 42.0 Å². The molecule has 1 aliphatic rings. The Morgan fingerprint density at radius 1 is 1.06 bits per heavy atom. The molecule has 0 spiro atoms. The molecule has 1 saturated heterocycles. The van der Waals surface area contributed by atoms with Crippen LogP contribution in [0, 0.1) is 0 Å². The normalized spacial score (nSPS) is 15.4. The number of rotatable bonds is 8. The Bertz CT molecular complexity index is 926. The highest BCUT2D eigenvalue weighted by atomic mass is 127. The lowest BCUT2D eigenvalue weighted by molar-refractivity contribution is 0.0939. The molecule has 0 aromatic heterocycles. The summed E-state index contributed by atoms with van der Waals surface area (Å²) < 4.78 is 0. The van der Waals surface area contributed by atoms with Crippen LogP contribution in [0.4, 0.5) is 5.69 Å². The Hall–Kier alpha value is -2.29. The number of guanidine groups is 1. The fourth-order valence-electron chi connectivity index (χ4n) is 3.87. The van der Waals surface area contributed by atoms with E-state index in [1.54, 1.807) is 7.05 Å². The van der Waals surface area contributed by atoms with Crippen LogP contribution >= 0.6 is 24.0 Å². The van der Waals surface area contributed by atoms with Crippen molar-refractivity contribution in [2.75, 3.05) is 25.0 Å². The van der Waals surface area contributed by atoms with E-state index in [1.807, 2.05) is 31.2 Å². The Labute approximate surface area is 215 Å². The minimum atomic E-state index is -0.0322. The molecule has 1 fully saturated rings. The molecule has 3 N–H and O–H groups in total. The van der Waals surface area contributed by atoms with Gasteiger partial charge >= 0.3 is 0 Å². The van der Waals surface area contributed by atoms with Gasteiger partial charge in [0, 0.05) is 44.0 Å². The topological polar surface area (TPSA) is 68.8 Å². The Morgan fingerprint density at radius 3 is 2.48 bits per heavy atom. The van der Waals surface area contributed by atoms with Crippen LogP contribution in [0.1, 0.15) is 67.6 Å². The maximum atomic E-state index is 12.4. The highest BCUT2D eigenvalue weighted by Crippen LogP contribution is 2.24. The lowest BCUT2D eigenvalue weighted by Gasteiger charge is -2.22. The van der Waals surface area contributed by atoms with Crippen LogP contribution in [0.5, 0.6) is 0 Å². The molecule has 3 rings (SSSR count). The fraction of sp³-hybridized carbons (Fsp3) is 0.462. The first-order valence-electron chi connectivity index (χ1n) is 11.7. The van der Waals surface area contributed by atoms with Gasteiger partial charge in [-0.25, -0.2) is 0 Å². The summed E-state index contributed by atoms with van der Waals surface area (Å²) in [5, 5.41) is 9.87. The van der Waals surface area contributed by atoms with Gasteiger partial charge in [-0.05, 0) is 68.5 Å². The van der Waals surface area contributed by atoms with Gasteiger partial charge in [-0.15, -0.1) is 24.0 Å². The number of nitrogens with one attached hydrogen (secondary N) is 3. The lowest BCUT2D eigenvalue weighted by Crippen LogP contribution is -2.38. The van der Waals surface area contributed by atoms with Gasteiger partial charge in [0.15, 0.2) is 5.96 Å². The molecule has 2 aromatic carbocycles. The number of benzene rings is 2. The molecule has 180 valence electrons. The van der Waals surface area contributed by atoms with Crippen molar-refractivity contribution >= 4 is 41.5 Å². The van der Waals surface area contributed by atoms with E-state index in [4.69, 9.17) is 0 Å². The summed E-state index contributed by atoms with van der Waals surface area (Å²) >= 11 is 0. The zero-order chi connectivity index (χ0) is 22.9. The molecule has 0 bridgehead atoms. The standard InChI is InChI=1S/C26H37N5O.HI/c1-5-19(2)29-25(32)23-12-8-10-21(16-23)18-28-26(27-4)30-20(3)22-11-9-13-24(17-22)31-14-6-7-15-31;/h8-13,16-17,19-20H,5-7,14-15,18H2,1-4H3,(H,29,32)(H2,27,28,30);1H. The molecule has 0 aliphatic carbocycles. The summed E-state index contributed by atoms with van der Waals surface area (Å²) in [6, 6.07) is 16.8. The van der Waals surface area contributed by atoms with Crippen LogP contribution in [0.25, 0.3) is 0 Å². The number of carbonyl (C=O) groups is 1. The highest BCUT2D eigenvalue weighted by molar-refractivity contribution is 14.0. The summed E-state index contributed by atoms with van der Waals surface area (Å²) in [4.78, 5) is 19.2. The van der Waals surface area contributed by atoms with Crippen molar-refractivity contribution in [1.82, 2.24) is 16.0 Å². The molecule has 7 heteroatoms. The molecule has 2 unspecified atom stereocenters. The van der Waals surface area contributed by atoms with Crippen LogP contribution in [0.3, 0.4) is 0 Å². The number of halogens is 1. The number of anilines is 1. The van der Waals surface area contributed by atoms with Gasteiger partial charge in [-0.2, -0.15) is 0 Å². The third kappa shape index (κ3) is 7.91. The SMILES string of the molecule is CCC(C)NC(=O)c1cccc(CNC(=NC)NC(C)c2cccc(N3CCCC3)c2)c1.I. The maximum Gasteiger partial charge on any atom is 0.251 e. The van der Waals surface area contributed by atoms with Crippen LogP contribution in [-0.2, 0) is 6.54 Å². The molecule has 6 nitrogen and oxygen atoms in total. The zero-order valence-electron chi connectivity index (χ0n) is 20.2. The largest absolute Gasteiger partial charge is 0.372 e. The van der Waals surface area contributed by atoms with E-state index in [2.05, 4.69) is 64.0 Å². The second kappa shape index (κ2) is 13.4. The van der Waals surface area contributed by atoms with Crippen molar-refractivity contribution in [1.29, 1.82) is 0 Å². The second-order valence-electron chi connectivity index (χ2n) is 8.56. The van der Waals surface area contributed by atoms with Crippen LogP contribution in [-0.4, -0.2) is 38.0 Å². The molecule has 2 atom stereocenters. The van der Waals surface area contributed by atoms with Crippen molar-refractivity contribution in [3.05, 3.63) is 65.2 Å². The quantitative estimate of drug-likeness (QED) is 0.244. The van der Waals surface area contributed by atoms with E-state index in [0.29, 0.717) is 12.1 Å². The first-order chi connectivity index (χ1) is 15.5. The number of hydrogen-bond acceptors (Lipinski definition) is 3. The fourth-order valence-corrected chi connectivity index (χ4v) is 3.87. The van der Waals surface area contributed by atoms with Crippen molar-refractivity contribution in [3.63, 3.8) is 0 Å². The third-order valence-electron chi connectivity index (χ3n) is 6.06. The van der Waals surface area contributed by atoms with Crippen molar-refractivity contribution in [3.8, 4) is 0 Å². The molecule has 0 radical (unpaired) electrons. The zero-order valence-corrected chi connectivity index (χ0v) is 22.6. The monoisotopic (exact) mass is 563 g/mol. The minimum absolute atomic E-state index is 0. The van der Waals surface area contributed by atoms with E-state index in [9.17, 15) is 4.79 Å². The van der Waals surface area contributed by atoms with Gasteiger partial charge in [0.25, 0.3) is 5.91 Å². The molecular formula is C26H38IN5O. The van der Waals surface area contributed by atoms with E-state index >= 15 is 0 Å². The summed E-state index contributed by atoms with van der Waals surface area (Å²) in [5.74, 6) is 0.703. The maximum absolute atomic E-state index is 12.4. The smallest absolute Gasteiger partial charge is 0.251 e. The summed E-state index contributed by atoms with van der Waals surface area (Å²) in [6.45, 7) is 9.10. The van der Waals surface area contributed by atoms with E-state index in [0.717, 1.165) is 31.0 Å². The number of amides is 1. The number of carbonyl (C=O) groups excluding carboxylic acids is 1. The number of hydrogen-bond donors (Lipinski definition) is 3. The lowest BCUT2D eigenvalue weighted by atomic mass is 10.1. The van der Waals surface area contributed by atoms with E-state index in [1.165, 1.54) is 24.1 Å².